The maximum Gasteiger partial charge on any atom is 0.233 e. The summed E-state index contributed by atoms with van der Waals surface area (Å²) in [5.74, 6) is 0.360. The van der Waals surface area contributed by atoms with Crippen molar-refractivity contribution in [2.45, 2.75) is 38.6 Å². The van der Waals surface area contributed by atoms with E-state index in [0.29, 0.717) is 18.0 Å². The fourth-order valence-corrected chi connectivity index (χ4v) is 3.97. The summed E-state index contributed by atoms with van der Waals surface area (Å²) >= 11 is 0. The predicted molar refractivity (Wildman–Crippen MR) is 99.3 cm³/mol. The first-order valence-corrected chi connectivity index (χ1v) is 9.32. The van der Waals surface area contributed by atoms with Gasteiger partial charge in [-0.25, -0.2) is 4.98 Å². The first-order chi connectivity index (χ1) is 13.2. The van der Waals surface area contributed by atoms with Gasteiger partial charge in [0.25, 0.3) is 0 Å². The van der Waals surface area contributed by atoms with Crippen LogP contribution in [0.3, 0.4) is 0 Å². The molecule has 0 unspecified atom stereocenters. The average molecular weight is 368 g/mol. The van der Waals surface area contributed by atoms with E-state index in [1.807, 2.05) is 6.07 Å². The maximum absolute atomic E-state index is 9.86. The summed E-state index contributed by atoms with van der Waals surface area (Å²) in [6.45, 7) is 4.73. The molecule has 1 saturated heterocycles. The molecule has 0 aromatic carbocycles. The molecule has 142 valence electrons. The van der Waals surface area contributed by atoms with Crippen molar-refractivity contribution in [2.75, 3.05) is 31.6 Å². The van der Waals surface area contributed by atoms with Crippen LogP contribution in [0.2, 0.25) is 0 Å². The second-order valence-electron chi connectivity index (χ2n) is 7.13. The highest BCUT2D eigenvalue weighted by molar-refractivity contribution is 5.63. The molecule has 4 rings (SSSR count). The minimum Gasteiger partial charge on any atom is -0.480 e. The lowest BCUT2D eigenvalue weighted by Gasteiger charge is -2.30. The van der Waals surface area contributed by atoms with Crippen molar-refractivity contribution >= 4 is 5.69 Å². The minimum absolute atomic E-state index is 0.224. The quantitative estimate of drug-likeness (QED) is 0.865. The molecule has 27 heavy (non-hydrogen) atoms. The van der Waals surface area contributed by atoms with E-state index < -0.39 is 0 Å². The summed E-state index contributed by atoms with van der Waals surface area (Å²) in [5, 5.41) is 24.1. The van der Waals surface area contributed by atoms with Gasteiger partial charge in [-0.05, 0) is 31.5 Å². The number of nitrogens with zero attached hydrogens (tertiary/aromatic N) is 6. The van der Waals surface area contributed by atoms with Crippen molar-refractivity contribution in [2.24, 2.45) is 0 Å². The Morgan fingerprint density at radius 3 is 3.04 bits per heavy atom. The van der Waals surface area contributed by atoms with Gasteiger partial charge in [-0.3, -0.25) is 9.58 Å². The Hall–Kier alpha value is -2.63. The van der Waals surface area contributed by atoms with E-state index in [9.17, 15) is 10.4 Å². The van der Waals surface area contributed by atoms with Crippen LogP contribution in [-0.2, 0) is 19.6 Å². The van der Waals surface area contributed by atoms with E-state index >= 15 is 0 Å². The third-order valence-corrected chi connectivity index (χ3v) is 5.25. The molecular formula is C19H24N6O2. The van der Waals surface area contributed by atoms with Crippen molar-refractivity contribution in [1.82, 2.24) is 19.7 Å². The molecule has 2 aromatic heterocycles. The highest BCUT2D eigenvalue weighted by atomic mass is 16.5. The van der Waals surface area contributed by atoms with Gasteiger partial charge >= 0.3 is 0 Å². The van der Waals surface area contributed by atoms with Crippen molar-refractivity contribution in [3.63, 3.8) is 0 Å². The van der Waals surface area contributed by atoms with Crippen molar-refractivity contribution in [3.8, 4) is 11.9 Å². The second kappa shape index (κ2) is 7.55. The van der Waals surface area contributed by atoms with Gasteiger partial charge in [0, 0.05) is 25.8 Å². The number of aliphatic hydroxyl groups excluding tert-OH is 1. The molecule has 8 nitrogen and oxygen atoms in total. The molecule has 8 heteroatoms. The molecule has 0 bridgehead atoms. The van der Waals surface area contributed by atoms with Crippen LogP contribution in [-0.4, -0.2) is 57.6 Å². The standard InChI is InChI=1S/C19H24N6O2/c1-27-19-17(10-20)18(4-5-21-19)24-7-8-25-15(12-24)9-14(22-25)11-23-6-2-3-16(26)13-23/h4-5,9,16,26H,2-3,6-8,11-13H2,1H3/t16-/m1/s1. The van der Waals surface area contributed by atoms with Crippen LogP contribution in [0.4, 0.5) is 5.69 Å². The summed E-state index contributed by atoms with van der Waals surface area (Å²) in [6, 6.07) is 6.22. The van der Waals surface area contributed by atoms with Crippen LogP contribution in [0.25, 0.3) is 0 Å². The first-order valence-electron chi connectivity index (χ1n) is 9.32. The SMILES string of the molecule is COc1nccc(N2CCn3nc(CN4CCC[C@@H](O)C4)cc3C2)c1C#N. The molecule has 0 amide bonds. The fraction of sp³-hybridized carbons (Fsp3) is 0.526. The Kier molecular flexibility index (Phi) is 4.97. The van der Waals surface area contributed by atoms with Gasteiger partial charge < -0.3 is 14.7 Å². The van der Waals surface area contributed by atoms with Crippen LogP contribution in [0.5, 0.6) is 5.88 Å². The van der Waals surface area contributed by atoms with Crippen LogP contribution in [0.15, 0.2) is 18.3 Å². The van der Waals surface area contributed by atoms with Crippen LogP contribution in [0, 0.1) is 11.3 Å². The Morgan fingerprint density at radius 1 is 1.37 bits per heavy atom. The number of nitriles is 1. The van der Waals surface area contributed by atoms with E-state index in [1.165, 1.54) is 7.11 Å². The second-order valence-corrected chi connectivity index (χ2v) is 7.13. The number of ether oxygens (including phenoxy) is 1. The number of methoxy groups -OCH3 is 1. The molecule has 4 heterocycles. The van der Waals surface area contributed by atoms with Gasteiger partial charge in [0.15, 0.2) is 0 Å². The molecule has 2 aliphatic heterocycles. The largest absolute Gasteiger partial charge is 0.480 e. The highest BCUT2D eigenvalue weighted by Gasteiger charge is 2.24. The zero-order valence-corrected chi connectivity index (χ0v) is 15.5. The molecule has 0 aliphatic carbocycles. The molecule has 1 atom stereocenters. The number of hydrogen-bond acceptors (Lipinski definition) is 7. The Labute approximate surface area is 158 Å². The fourth-order valence-electron chi connectivity index (χ4n) is 3.97. The summed E-state index contributed by atoms with van der Waals surface area (Å²) in [7, 11) is 1.53. The molecule has 1 fully saturated rings. The zero-order valence-electron chi connectivity index (χ0n) is 15.5. The number of piperidine rings is 1. The molecule has 0 spiro atoms. The van der Waals surface area contributed by atoms with Crippen LogP contribution in [0.1, 0.15) is 29.8 Å². The molecule has 0 radical (unpaired) electrons. The van der Waals surface area contributed by atoms with Gasteiger partial charge in [0.05, 0.1) is 43.4 Å². The van der Waals surface area contributed by atoms with Gasteiger partial charge in [0.2, 0.25) is 5.88 Å². The van der Waals surface area contributed by atoms with Gasteiger partial charge in [-0.2, -0.15) is 10.4 Å². The first kappa shape index (κ1) is 17.8. The number of anilines is 1. The number of aliphatic hydroxyl groups is 1. The average Bonchev–Trinajstić information content (AvgIpc) is 3.08. The third-order valence-electron chi connectivity index (χ3n) is 5.25. The number of hydrogen-bond donors (Lipinski definition) is 1. The lowest BCUT2D eigenvalue weighted by molar-refractivity contribution is 0.0661. The Bertz CT molecular complexity index is 858. The van der Waals surface area contributed by atoms with Crippen molar-refractivity contribution in [3.05, 3.63) is 35.3 Å². The van der Waals surface area contributed by atoms with Crippen molar-refractivity contribution in [1.29, 1.82) is 5.26 Å². The molecule has 2 aromatic rings. The van der Waals surface area contributed by atoms with Gasteiger partial charge in [-0.1, -0.05) is 0 Å². The van der Waals surface area contributed by atoms with E-state index in [2.05, 4.69) is 31.6 Å². The highest BCUT2D eigenvalue weighted by Crippen LogP contribution is 2.29. The zero-order chi connectivity index (χ0) is 18.8. The Morgan fingerprint density at radius 2 is 2.26 bits per heavy atom. The van der Waals surface area contributed by atoms with Gasteiger partial charge in [0.1, 0.15) is 11.6 Å². The summed E-state index contributed by atoms with van der Waals surface area (Å²) in [6.07, 6.45) is 3.37. The number of β-amino-alcohol motifs (C(OH)–C–C–N with tert-alkyl or cyclic N) is 1. The van der Waals surface area contributed by atoms with E-state index in [-0.39, 0.29) is 6.10 Å². The normalized spacial score (nSPS) is 20.2. The lowest BCUT2D eigenvalue weighted by Crippen LogP contribution is -2.37. The molecular weight excluding hydrogens is 344 g/mol. The maximum atomic E-state index is 9.86. The third kappa shape index (κ3) is 3.61. The van der Waals surface area contributed by atoms with E-state index in [0.717, 1.165) is 62.6 Å². The molecule has 0 saturated carbocycles. The number of likely N-dealkylation sites (tertiary alicyclic amines) is 1. The lowest BCUT2D eigenvalue weighted by atomic mass is 10.1. The van der Waals surface area contributed by atoms with Gasteiger partial charge in [-0.15, -0.1) is 0 Å². The summed E-state index contributed by atoms with van der Waals surface area (Å²) in [4.78, 5) is 8.57. The van der Waals surface area contributed by atoms with E-state index in [4.69, 9.17) is 9.84 Å². The number of fused-ring (bicyclic) bond motifs is 1. The molecule has 2 aliphatic rings. The monoisotopic (exact) mass is 368 g/mol. The summed E-state index contributed by atoms with van der Waals surface area (Å²) < 4.78 is 7.28. The van der Waals surface area contributed by atoms with Crippen LogP contribution >= 0.6 is 0 Å². The van der Waals surface area contributed by atoms with E-state index in [1.54, 1.807) is 6.20 Å². The number of pyridine rings is 1. The Balaban J connectivity index is 1.51. The van der Waals surface area contributed by atoms with Crippen LogP contribution < -0.4 is 9.64 Å². The number of rotatable bonds is 4. The number of aromatic nitrogens is 3. The predicted octanol–water partition coefficient (Wildman–Crippen LogP) is 1.14. The smallest absolute Gasteiger partial charge is 0.233 e. The summed E-state index contributed by atoms with van der Waals surface area (Å²) in [5.41, 5.74) is 3.48. The van der Waals surface area contributed by atoms with Crippen molar-refractivity contribution < 1.29 is 9.84 Å². The topological polar surface area (TPSA) is 90.4 Å². The minimum atomic E-state index is -0.224. The molecule has 1 N–H and O–H groups in total.